The van der Waals surface area contributed by atoms with Crippen LogP contribution in [0.5, 0.6) is 0 Å². The highest BCUT2D eigenvalue weighted by Crippen LogP contribution is 2.23. The predicted molar refractivity (Wildman–Crippen MR) is 71.4 cm³/mol. The number of hydrazine groups is 1. The van der Waals surface area contributed by atoms with E-state index in [0.717, 1.165) is 19.0 Å². The topological polar surface area (TPSA) is 6.48 Å². The van der Waals surface area contributed by atoms with Crippen LogP contribution in [-0.4, -0.2) is 36.7 Å². The minimum absolute atomic E-state index is 0.936. The van der Waals surface area contributed by atoms with Gasteiger partial charge in [-0.1, -0.05) is 46.0 Å². The minimum atomic E-state index is 0.936. The summed E-state index contributed by atoms with van der Waals surface area (Å²) in [4.78, 5) is 0. The van der Waals surface area contributed by atoms with Gasteiger partial charge in [-0.2, -0.15) is 0 Å². The molecule has 0 amide bonds. The Morgan fingerprint density at radius 2 is 1.38 bits per heavy atom. The van der Waals surface area contributed by atoms with Crippen molar-refractivity contribution in [1.29, 1.82) is 0 Å². The number of nitrogens with zero attached hydrogens (tertiary/aromatic N) is 2. The normalized spacial score (nSPS) is 20.1. The van der Waals surface area contributed by atoms with E-state index in [0.29, 0.717) is 0 Å². The van der Waals surface area contributed by atoms with Crippen LogP contribution < -0.4 is 0 Å². The first kappa shape index (κ1) is 14.0. The molecule has 16 heavy (non-hydrogen) atoms. The lowest BCUT2D eigenvalue weighted by Crippen LogP contribution is -2.42. The second kappa shape index (κ2) is 8.08. The molecule has 0 N–H and O–H groups in total. The smallest absolute Gasteiger partial charge is 0.0158 e. The van der Waals surface area contributed by atoms with E-state index >= 15 is 0 Å². The lowest BCUT2D eigenvalue weighted by atomic mass is 9.91. The first-order valence-electron chi connectivity index (χ1n) is 7.23. The zero-order chi connectivity index (χ0) is 11.8. The van der Waals surface area contributed by atoms with Gasteiger partial charge in [0.15, 0.2) is 0 Å². The molecule has 0 atom stereocenters. The molecule has 0 radical (unpaired) electrons. The molecule has 0 spiro atoms. The van der Waals surface area contributed by atoms with E-state index in [9.17, 15) is 0 Å². The average molecular weight is 226 g/mol. The highest BCUT2D eigenvalue weighted by Gasteiger charge is 2.15. The molecule has 2 heteroatoms. The van der Waals surface area contributed by atoms with Crippen LogP contribution in [0.3, 0.4) is 0 Å². The van der Waals surface area contributed by atoms with Crippen LogP contribution in [0.4, 0.5) is 0 Å². The van der Waals surface area contributed by atoms with Crippen molar-refractivity contribution < 1.29 is 0 Å². The summed E-state index contributed by atoms with van der Waals surface area (Å²) < 4.78 is 0. The van der Waals surface area contributed by atoms with Gasteiger partial charge in [0.25, 0.3) is 0 Å². The molecule has 1 aliphatic rings. The Morgan fingerprint density at radius 3 is 1.88 bits per heavy atom. The molecule has 1 aliphatic carbocycles. The average Bonchev–Trinajstić information content (AvgIpc) is 2.23. The maximum absolute atomic E-state index is 2.45. The van der Waals surface area contributed by atoms with Crippen LogP contribution in [0.15, 0.2) is 0 Å². The van der Waals surface area contributed by atoms with Gasteiger partial charge in [0, 0.05) is 26.7 Å². The molecule has 0 aromatic carbocycles. The molecule has 1 saturated carbocycles. The summed E-state index contributed by atoms with van der Waals surface area (Å²) in [5, 5.41) is 4.89. The summed E-state index contributed by atoms with van der Waals surface area (Å²) in [6, 6.07) is 0. The van der Waals surface area contributed by atoms with Crippen molar-refractivity contribution in [1.82, 2.24) is 10.0 Å². The third-order valence-electron chi connectivity index (χ3n) is 3.96. The zero-order valence-corrected chi connectivity index (χ0v) is 11.5. The fourth-order valence-electron chi connectivity index (χ4n) is 2.92. The van der Waals surface area contributed by atoms with Gasteiger partial charge in [-0.15, -0.1) is 0 Å². The van der Waals surface area contributed by atoms with E-state index < -0.39 is 0 Å². The van der Waals surface area contributed by atoms with Crippen molar-refractivity contribution >= 4 is 0 Å². The standard InChI is InChI=1S/C14H30N2/c1-4-16(5-2)15(3)13-14-11-9-7-6-8-10-12-14/h14H,4-13H2,1-3H3. The molecule has 0 aromatic heterocycles. The third-order valence-corrected chi connectivity index (χ3v) is 3.96. The highest BCUT2D eigenvalue weighted by molar-refractivity contribution is 4.66. The molecule has 1 fully saturated rings. The highest BCUT2D eigenvalue weighted by atomic mass is 15.6. The Kier molecular flexibility index (Phi) is 7.06. The maximum Gasteiger partial charge on any atom is 0.0158 e. The van der Waals surface area contributed by atoms with E-state index in [1.807, 2.05) is 0 Å². The summed E-state index contributed by atoms with van der Waals surface area (Å²) in [5.41, 5.74) is 0. The maximum atomic E-state index is 2.45. The van der Waals surface area contributed by atoms with Gasteiger partial charge in [0.2, 0.25) is 0 Å². The van der Waals surface area contributed by atoms with Gasteiger partial charge in [-0.25, -0.2) is 10.0 Å². The largest absolute Gasteiger partial charge is 0.245 e. The summed E-state index contributed by atoms with van der Waals surface area (Å²) in [6.45, 7) is 8.04. The van der Waals surface area contributed by atoms with Crippen molar-refractivity contribution in [2.24, 2.45) is 5.92 Å². The number of hydrogen-bond acceptors (Lipinski definition) is 2. The molecule has 0 unspecified atom stereocenters. The van der Waals surface area contributed by atoms with Crippen LogP contribution in [-0.2, 0) is 0 Å². The molecule has 0 aliphatic heterocycles. The molecular weight excluding hydrogens is 196 g/mol. The van der Waals surface area contributed by atoms with E-state index in [-0.39, 0.29) is 0 Å². The summed E-state index contributed by atoms with van der Waals surface area (Å²) >= 11 is 0. The van der Waals surface area contributed by atoms with Gasteiger partial charge in [0.05, 0.1) is 0 Å². The molecule has 0 aromatic rings. The van der Waals surface area contributed by atoms with E-state index in [2.05, 4.69) is 30.9 Å². The minimum Gasteiger partial charge on any atom is -0.245 e. The fraction of sp³-hybridized carbons (Fsp3) is 1.00. The third kappa shape index (κ3) is 4.84. The van der Waals surface area contributed by atoms with Crippen molar-refractivity contribution in [3.05, 3.63) is 0 Å². The van der Waals surface area contributed by atoms with Crippen LogP contribution in [0.25, 0.3) is 0 Å². The second-order valence-electron chi connectivity index (χ2n) is 5.19. The number of hydrogen-bond donors (Lipinski definition) is 0. The van der Waals surface area contributed by atoms with E-state index in [1.165, 1.54) is 51.5 Å². The fourth-order valence-corrected chi connectivity index (χ4v) is 2.92. The molecular formula is C14H30N2. The zero-order valence-electron chi connectivity index (χ0n) is 11.5. The Labute approximate surface area is 102 Å². The lowest BCUT2D eigenvalue weighted by molar-refractivity contribution is -0.00648. The van der Waals surface area contributed by atoms with Crippen LogP contribution in [0, 0.1) is 5.92 Å². The number of rotatable bonds is 5. The molecule has 0 heterocycles. The van der Waals surface area contributed by atoms with Crippen LogP contribution in [0.2, 0.25) is 0 Å². The van der Waals surface area contributed by atoms with Gasteiger partial charge < -0.3 is 0 Å². The van der Waals surface area contributed by atoms with Gasteiger partial charge >= 0.3 is 0 Å². The van der Waals surface area contributed by atoms with Crippen molar-refractivity contribution in [2.45, 2.75) is 58.8 Å². The van der Waals surface area contributed by atoms with Gasteiger partial charge in [-0.05, 0) is 18.8 Å². The Balaban J connectivity index is 2.32. The first-order valence-corrected chi connectivity index (χ1v) is 7.23. The molecule has 0 saturated heterocycles. The van der Waals surface area contributed by atoms with Crippen LogP contribution >= 0.6 is 0 Å². The Hall–Kier alpha value is -0.0800. The van der Waals surface area contributed by atoms with Gasteiger partial charge in [0.1, 0.15) is 0 Å². The molecule has 1 rings (SSSR count). The van der Waals surface area contributed by atoms with Crippen LogP contribution in [0.1, 0.15) is 58.8 Å². The summed E-state index contributed by atoms with van der Waals surface area (Å²) in [7, 11) is 2.26. The lowest BCUT2D eigenvalue weighted by Gasteiger charge is -2.33. The monoisotopic (exact) mass is 226 g/mol. The van der Waals surface area contributed by atoms with Crippen molar-refractivity contribution in [2.75, 3.05) is 26.7 Å². The molecule has 0 bridgehead atoms. The van der Waals surface area contributed by atoms with Crippen molar-refractivity contribution in [3.63, 3.8) is 0 Å². The molecule has 96 valence electrons. The summed E-state index contributed by atoms with van der Waals surface area (Å²) in [5.74, 6) is 0.936. The quantitative estimate of drug-likeness (QED) is 0.662. The summed E-state index contributed by atoms with van der Waals surface area (Å²) in [6.07, 6.45) is 10.2. The SMILES string of the molecule is CCN(CC)N(C)CC1CCCCCCC1. The van der Waals surface area contributed by atoms with E-state index in [4.69, 9.17) is 0 Å². The van der Waals surface area contributed by atoms with E-state index in [1.54, 1.807) is 0 Å². The Bertz CT molecular complexity index is 158. The Morgan fingerprint density at radius 1 is 0.875 bits per heavy atom. The second-order valence-corrected chi connectivity index (χ2v) is 5.19. The first-order chi connectivity index (χ1) is 7.77. The molecule has 2 nitrogen and oxygen atoms in total. The van der Waals surface area contributed by atoms with Gasteiger partial charge in [-0.3, -0.25) is 0 Å². The predicted octanol–water partition coefficient (Wildman–Crippen LogP) is 3.54. The van der Waals surface area contributed by atoms with Crippen molar-refractivity contribution in [3.8, 4) is 0 Å².